The average Bonchev–Trinajstić information content (AvgIpc) is 2.47. The largest absolute Gasteiger partial charge is 0.609 e. The van der Waals surface area contributed by atoms with Gasteiger partial charge in [-0.1, -0.05) is 19.3 Å². The first-order valence-electron chi connectivity index (χ1n) is 6.74. The van der Waals surface area contributed by atoms with Gasteiger partial charge in [0.15, 0.2) is 0 Å². The summed E-state index contributed by atoms with van der Waals surface area (Å²) in [5, 5.41) is 12.4. The van der Waals surface area contributed by atoms with Crippen LogP contribution in [0.5, 0.6) is 0 Å². The van der Waals surface area contributed by atoms with Crippen LogP contribution in [0, 0.1) is 11.3 Å². The molecule has 0 amide bonds. The summed E-state index contributed by atoms with van der Waals surface area (Å²) >= 11 is -1.21. The fraction of sp³-hybridized carbons (Fsp3) is 0.500. The molecular formula is C14H18N4OS. The summed E-state index contributed by atoms with van der Waals surface area (Å²) in [7, 11) is 0. The van der Waals surface area contributed by atoms with Gasteiger partial charge >= 0.3 is 5.16 Å². The Morgan fingerprint density at radius 3 is 2.85 bits per heavy atom. The van der Waals surface area contributed by atoms with E-state index >= 15 is 0 Å². The van der Waals surface area contributed by atoms with E-state index in [-0.39, 0.29) is 0 Å². The molecule has 1 unspecified atom stereocenters. The van der Waals surface area contributed by atoms with Crippen molar-refractivity contribution in [2.75, 3.05) is 11.6 Å². The van der Waals surface area contributed by atoms with Crippen LogP contribution in [0.3, 0.4) is 0 Å². The van der Waals surface area contributed by atoms with Gasteiger partial charge < -0.3 is 9.87 Å². The maximum absolute atomic E-state index is 11.5. The first kappa shape index (κ1) is 14.8. The summed E-state index contributed by atoms with van der Waals surface area (Å²) in [6, 6.07) is 2.36. The second-order valence-corrected chi connectivity index (χ2v) is 6.13. The molecule has 20 heavy (non-hydrogen) atoms. The van der Waals surface area contributed by atoms with Gasteiger partial charge in [-0.2, -0.15) is 15.2 Å². The van der Waals surface area contributed by atoms with Crippen LogP contribution in [-0.4, -0.2) is 26.8 Å². The highest BCUT2D eigenvalue weighted by atomic mass is 32.2. The molecule has 0 radical (unpaired) electrons. The number of hydrogen-bond acceptors (Lipinski definition) is 5. The van der Waals surface area contributed by atoms with Crippen LogP contribution >= 0.6 is 0 Å². The minimum atomic E-state index is -1.21. The van der Waals surface area contributed by atoms with Crippen molar-refractivity contribution < 1.29 is 4.55 Å². The molecule has 5 nitrogen and oxygen atoms in total. The van der Waals surface area contributed by atoms with E-state index in [1.165, 1.54) is 25.3 Å². The molecule has 1 aromatic heterocycles. The molecule has 1 atom stereocenters. The molecule has 0 saturated heterocycles. The Labute approximate surface area is 122 Å². The number of hydrogen-bond donors (Lipinski definition) is 1. The Balaban J connectivity index is 2.23. The number of rotatable bonds is 4. The van der Waals surface area contributed by atoms with Crippen molar-refractivity contribution in [1.29, 1.82) is 5.26 Å². The summed E-state index contributed by atoms with van der Waals surface area (Å²) in [4.78, 5) is 8.41. The van der Waals surface area contributed by atoms with Crippen molar-refractivity contribution in [3.63, 3.8) is 0 Å². The SMILES string of the molecule is C[S+]([O-])c1ncc(C=CC#N)c(NC2CCCCC2)n1. The Hall–Kier alpha value is -1.58. The smallest absolute Gasteiger partial charge is 0.344 e. The van der Waals surface area contributed by atoms with E-state index < -0.39 is 11.2 Å². The molecule has 0 aromatic carbocycles. The fourth-order valence-electron chi connectivity index (χ4n) is 2.32. The molecule has 2 rings (SSSR count). The summed E-state index contributed by atoms with van der Waals surface area (Å²) < 4.78 is 11.5. The Bertz CT molecular complexity index is 518. The number of anilines is 1. The maximum Gasteiger partial charge on any atom is 0.344 e. The van der Waals surface area contributed by atoms with Gasteiger partial charge in [0.2, 0.25) is 0 Å². The Kier molecular flexibility index (Phi) is 5.39. The van der Waals surface area contributed by atoms with E-state index in [4.69, 9.17) is 5.26 Å². The molecule has 1 aliphatic carbocycles. The third-order valence-corrected chi connectivity index (χ3v) is 4.05. The van der Waals surface area contributed by atoms with Crippen molar-refractivity contribution in [3.05, 3.63) is 17.8 Å². The predicted octanol–water partition coefficient (Wildman–Crippen LogP) is 2.50. The number of nitrogens with zero attached hydrogens (tertiary/aromatic N) is 3. The summed E-state index contributed by atoms with van der Waals surface area (Å²) in [5.41, 5.74) is 0.756. The van der Waals surface area contributed by atoms with Crippen molar-refractivity contribution in [2.45, 2.75) is 43.3 Å². The number of nitriles is 1. The summed E-state index contributed by atoms with van der Waals surface area (Å²) in [5.74, 6) is 0.670. The van der Waals surface area contributed by atoms with Crippen LogP contribution in [0.15, 0.2) is 17.4 Å². The van der Waals surface area contributed by atoms with E-state index in [0.717, 1.165) is 18.4 Å². The van der Waals surface area contributed by atoms with E-state index in [1.54, 1.807) is 18.5 Å². The molecule has 1 aromatic rings. The van der Waals surface area contributed by atoms with E-state index in [1.807, 2.05) is 6.07 Å². The zero-order valence-electron chi connectivity index (χ0n) is 11.5. The number of allylic oxidation sites excluding steroid dienone is 1. The third kappa shape index (κ3) is 3.95. The second kappa shape index (κ2) is 7.27. The van der Waals surface area contributed by atoms with Gasteiger partial charge in [0, 0.05) is 35.1 Å². The van der Waals surface area contributed by atoms with Crippen molar-refractivity contribution >= 4 is 23.1 Å². The van der Waals surface area contributed by atoms with Crippen molar-refractivity contribution in [1.82, 2.24) is 9.97 Å². The van der Waals surface area contributed by atoms with Gasteiger partial charge in [0.25, 0.3) is 0 Å². The minimum Gasteiger partial charge on any atom is -0.609 e. The molecule has 6 heteroatoms. The zero-order chi connectivity index (χ0) is 14.4. The Morgan fingerprint density at radius 2 is 2.20 bits per heavy atom. The molecule has 1 saturated carbocycles. The third-order valence-electron chi connectivity index (χ3n) is 3.34. The molecule has 1 heterocycles. The average molecular weight is 290 g/mol. The highest BCUT2D eigenvalue weighted by Gasteiger charge is 2.17. The van der Waals surface area contributed by atoms with Gasteiger partial charge in [-0.15, -0.1) is 0 Å². The van der Waals surface area contributed by atoms with E-state index in [9.17, 15) is 4.55 Å². The lowest BCUT2D eigenvalue weighted by molar-refractivity contribution is 0.461. The van der Waals surface area contributed by atoms with Crippen LogP contribution in [-0.2, 0) is 11.2 Å². The predicted molar refractivity (Wildman–Crippen MR) is 79.5 cm³/mol. The van der Waals surface area contributed by atoms with Crippen molar-refractivity contribution in [3.8, 4) is 6.07 Å². The van der Waals surface area contributed by atoms with Gasteiger partial charge in [-0.3, -0.25) is 0 Å². The van der Waals surface area contributed by atoms with Crippen LogP contribution in [0.4, 0.5) is 5.82 Å². The molecule has 1 aliphatic rings. The van der Waals surface area contributed by atoms with Gasteiger partial charge in [0.1, 0.15) is 12.1 Å². The van der Waals surface area contributed by atoms with Crippen LogP contribution in [0.25, 0.3) is 6.08 Å². The lowest BCUT2D eigenvalue weighted by Crippen LogP contribution is -2.24. The normalized spacial score (nSPS) is 17.9. The van der Waals surface area contributed by atoms with Gasteiger partial charge in [0.05, 0.1) is 6.07 Å². The lowest BCUT2D eigenvalue weighted by atomic mass is 9.95. The Morgan fingerprint density at radius 1 is 1.45 bits per heavy atom. The maximum atomic E-state index is 11.5. The van der Waals surface area contributed by atoms with Crippen LogP contribution < -0.4 is 5.32 Å². The molecule has 0 bridgehead atoms. The standard InChI is InChI=1S/C14H18N4OS/c1-20(19)14-16-10-11(6-5-9-15)13(18-14)17-12-7-3-2-4-8-12/h5-6,10,12H,2-4,7-8H2,1H3,(H,16,17,18). The first-order valence-corrected chi connectivity index (χ1v) is 8.29. The van der Waals surface area contributed by atoms with E-state index in [2.05, 4.69) is 15.3 Å². The monoisotopic (exact) mass is 290 g/mol. The minimum absolute atomic E-state index is 0.317. The molecule has 1 fully saturated rings. The zero-order valence-corrected chi connectivity index (χ0v) is 12.3. The highest BCUT2D eigenvalue weighted by Crippen LogP contribution is 2.23. The van der Waals surface area contributed by atoms with Gasteiger partial charge in [-0.25, -0.2) is 0 Å². The molecule has 0 aliphatic heterocycles. The number of aromatic nitrogens is 2. The molecular weight excluding hydrogens is 272 g/mol. The van der Waals surface area contributed by atoms with Gasteiger partial charge in [-0.05, 0) is 18.9 Å². The number of nitrogens with one attached hydrogen (secondary N) is 1. The molecule has 106 valence electrons. The quantitative estimate of drug-likeness (QED) is 0.523. The topological polar surface area (TPSA) is 84.7 Å². The van der Waals surface area contributed by atoms with Crippen molar-refractivity contribution in [2.24, 2.45) is 0 Å². The second-order valence-electron chi connectivity index (χ2n) is 4.85. The van der Waals surface area contributed by atoms with E-state index in [0.29, 0.717) is 17.0 Å². The molecule has 0 spiro atoms. The summed E-state index contributed by atoms with van der Waals surface area (Å²) in [6.45, 7) is 0. The molecule has 1 N–H and O–H groups in total. The fourth-order valence-corrected chi connectivity index (χ4v) is 2.74. The lowest BCUT2D eigenvalue weighted by Gasteiger charge is -2.24. The van der Waals surface area contributed by atoms with Crippen LogP contribution in [0.2, 0.25) is 0 Å². The highest BCUT2D eigenvalue weighted by molar-refractivity contribution is 7.90. The van der Waals surface area contributed by atoms with Crippen LogP contribution in [0.1, 0.15) is 37.7 Å². The first-order chi connectivity index (χ1) is 9.70. The summed E-state index contributed by atoms with van der Waals surface area (Å²) in [6.07, 6.45) is 12.2.